The molecule has 0 aliphatic carbocycles. The molecule has 0 radical (unpaired) electrons. The van der Waals surface area contributed by atoms with Gasteiger partial charge in [-0.15, -0.1) is 0 Å². The van der Waals surface area contributed by atoms with Crippen LogP contribution >= 0.6 is 0 Å². The minimum Gasteiger partial charge on any atom is -0.478 e. The number of nitrogens with zero attached hydrogens (tertiary/aromatic N) is 1. The Hall–Kier alpha value is -1.14. The van der Waals surface area contributed by atoms with Crippen LogP contribution in [0.4, 0.5) is 0 Å². The van der Waals surface area contributed by atoms with Crippen molar-refractivity contribution in [2.45, 2.75) is 25.2 Å². The summed E-state index contributed by atoms with van der Waals surface area (Å²) in [5.41, 5.74) is 0. The van der Waals surface area contributed by atoms with Gasteiger partial charge in [0.1, 0.15) is 4.90 Å². The van der Waals surface area contributed by atoms with E-state index >= 15 is 0 Å². The van der Waals surface area contributed by atoms with Crippen molar-refractivity contribution in [3.05, 3.63) is 18.3 Å². The fraction of sp³-hybridized carbons (Fsp3) is 0.500. The first-order valence-electron chi connectivity index (χ1n) is 5.01. The standard InChI is InChI=1S/C10H16N2O3S/c1-8(2)5-6-15-10-4-3-9(7-12-10)16(11,13)14/h3-4,7-8H,5-6H2,1-2H3,(H2,11,13,14). The highest BCUT2D eigenvalue weighted by atomic mass is 32.2. The van der Waals surface area contributed by atoms with Crippen molar-refractivity contribution in [2.75, 3.05) is 6.61 Å². The molecule has 0 atom stereocenters. The van der Waals surface area contributed by atoms with E-state index in [9.17, 15) is 8.42 Å². The van der Waals surface area contributed by atoms with Gasteiger partial charge < -0.3 is 4.74 Å². The molecule has 0 saturated carbocycles. The molecule has 6 heteroatoms. The Bertz CT molecular complexity index is 426. The maximum atomic E-state index is 10.9. The number of hydrogen-bond acceptors (Lipinski definition) is 4. The molecule has 1 heterocycles. The molecule has 0 aromatic carbocycles. The van der Waals surface area contributed by atoms with Crippen molar-refractivity contribution < 1.29 is 13.2 Å². The van der Waals surface area contributed by atoms with Gasteiger partial charge in [-0.3, -0.25) is 0 Å². The van der Waals surface area contributed by atoms with E-state index < -0.39 is 10.0 Å². The first kappa shape index (κ1) is 12.9. The predicted molar refractivity (Wildman–Crippen MR) is 60.6 cm³/mol. The number of ether oxygens (including phenoxy) is 1. The Morgan fingerprint density at radius 1 is 1.44 bits per heavy atom. The first-order valence-corrected chi connectivity index (χ1v) is 6.56. The molecule has 0 bridgehead atoms. The van der Waals surface area contributed by atoms with Crippen molar-refractivity contribution in [2.24, 2.45) is 11.1 Å². The second kappa shape index (κ2) is 5.27. The third-order valence-electron chi connectivity index (χ3n) is 1.98. The zero-order valence-corrected chi connectivity index (χ0v) is 10.2. The number of rotatable bonds is 5. The minimum atomic E-state index is -3.67. The molecule has 0 saturated heterocycles. The van der Waals surface area contributed by atoms with E-state index in [1.54, 1.807) is 0 Å². The van der Waals surface area contributed by atoms with E-state index in [-0.39, 0.29) is 4.90 Å². The number of nitrogens with two attached hydrogens (primary N) is 1. The summed E-state index contributed by atoms with van der Waals surface area (Å²) in [5, 5.41) is 4.94. The van der Waals surface area contributed by atoms with Gasteiger partial charge in [0.25, 0.3) is 0 Å². The van der Waals surface area contributed by atoms with Gasteiger partial charge in [-0.25, -0.2) is 18.5 Å². The van der Waals surface area contributed by atoms with Gasteiger partial charge in [-0.1, -0.05) is 13.8 Å². The van der Waals surface area contributed by atoms with Crippen LogP contribution in [0.3, 0.4) is 0 Å². The van der Waals surface area contributed by atoms with Crippen LogP contribution in [0.15, 0.2) is 23.2 Å². The Balaban J connectivity index is 2.59. The maximum Gasteiger partial charge on any atom is 0.239 e. The van der Waals surface area contributed by atoms with Crippen LogP contribution in [-0.2, 0) is 10.0 Å². The lowest BCUT2D eigenvalue weighted by Crippen LogP contribution is -2.12. The van der Waals surface area contributed by atoms with Gasteiger partial charge in [0.15, 0.2) is 0 Å². The zero-order valence-electron chi connectivity index (χ0n) is 9.38. The van der Waals surface area contributed by atoms with Crippen molar-refractivity contribution in [1.82, 2.24) is 4.98 Å². The van der Waals surface area contributed by atoms with E-state index in [1.165, 1.54) is 18.3 Å². The molecule has 2 N–H and O–H groups in total. The van der Waals surface area contributed by atoms with Crippen molar-refractivity contribution >= 4 is 10.0 Å². The smallest absolute Gasteiger partial charge is 0.239 e. The summed E-state index contributed by atoms with van der Waals surface area (Å²) >= 11 is 0. The molecular formula is C10H16N2O3S. The molecule has 0 unspecified atom stereocenters. The molecular weight excluding hydrogens is 228 g/mol. The van der Waals surface area contributed by atoms with E-state index in [4.69, 9.17) is 9.88 Å². The first-order chi connectivity index (χ1) is 7.39. The Labute approximate surface area is 95.7 Å². The normalized spacial score (nSPS) is 11.8. The van der Waals surface area contributed by atoms with Crippen LogP contribution < -0.4 is 9.88 Å². The largest absolute Gasteiger partial charge is 0.478 e. The van der Waals surface area contributed by atoms with Crippen LogP contribution in [-0.4, -0.2) is 20.0 Å². The fourth-order valence-electron chi connectivity index (χ4n) is 1.02. The highest BCUT2D eigenvalue weighted by Gasteiger charge is 2.07. The van der Waals surface area contributed by atoms with Crippen LogP contribution in [0.1, 0.15) is 20.3 Å². The van der Waals surface area contributed by atoms with Crippen LogP contribution in [0, 0.1) is 5.92 Å². The molecule has 0 fully saturated rings. The maximum absolute atomic E-state index is 10.9. The Morgan fingerprint density at radius 3 is 2.56 bits per heavy atom. The summed E-state index contributed by atoms with van der Waals surface area (Å²) in [6.07, 6.45) is 2.12. The summed E-state index contributed by atoms with van der Waals surface area (Å²) in [6, 6.07) is 2.88. The van der Waals surface area contributed by atoms with Crippen molar-refractivity contribution in [1.29, 1.82) is 0 Å². The summed E-state index contributed by atoms with van der Waals surface area (Å²) in [5.74, 6) is 0.969. The number of hydrogen-bond donors (Lipinski definition) is 1. The molecule has 0 aliphatic rings. The molecule has 0 amide bonds. The van der Waals surface area contributed by atoms with Gasteiger partial charge in [-0.2, -0.15) is 0 Å². The van der Waals surface area contributed by atoms with E-state index in [1.807, 2.05) is 0 Å². The topological polar surface area (TPSA) is 82.3 Å². The zero-order chi connectivity index (χ0) is 12.2. The quantitative estimate of drug-likeness (QED) is 0.842. The van der Waals surface area contributed by atoms with Gasteiger partial charge in [0.2, 0.25) is 15.9 Å². The van der Waals surface area contributed by atoms with E-state index in [0.717, 1.165) is 6.42 Å². The van der Waals surface area contributed by atoms with Crippen LogP contribution in [0.5, 0.6) is 5.88 Å². The lowest BCUT2D eigenvalue weighted by Gasteiger charge is -2.07. The molecule has 0 spiro atoms. The van der Waals surface area contributed by atoms with E-state index in [0.29, 0.717) is 18.4 Å². The lowest BCUT2D eigenvalue weighted by molar-refractivity contribution is 0.279. The minimum absolute atomic E-state index is 0.0105. The third kappa shape index (κ3) is 4.16. The molecule has 16 heavy (non-hydrogen) atoms. The van der Waals surface area contributed by atoms with Crippen molar-refractivity contribution in [3.63, 3.8) is 0 Å². The van der Waals surface area contributed by atoms with Gasteiger partial charge in [0.05, 0.1) is 12.8 Å². The molecule has 5 nitrogen and oxygen atoms in total. The Kier molecular flexibility index (Phi) is 4.26. The Morgan fingerprint density at radius 2 is 2.12 bits per heavy atom. The molecule has 1 aromatic heterocycles. The summed E-state index contributed by atoms with van der Waals surface area (Å²) in [4.78, 5) is 3.85. The molecule has 1 aromatic rings. The SMILES string of the molecule is CC(C)CCOc1ccc(S(N)(=O)=O)cn1. The fourth-order valence-corrected chi connectivity index (χ4v) is 1.48. The summed E-state index contributed by atoms with van der Waals surface area (Å²) < 4.78 is 27.2. The van der Waals surface area contributed by atoms with Gasteiger partial charge in [-0.05, 0) is 18.4 Å². The summed E-state index contributed by atoms with van der Waals surface area (Å²) in [7, 11) is -3.67. The van der Waals surface area contributed by atoms with Crippen molar-refractivity contribution in [3.8, 4) is 5.88 Å². The number of pyridine rings is 1. The van der Waals surface area contributed by atoms with Gasteiger partial charge >= 0.3 is 0 Å². The second-order valence-corrected chi connectivity index (χ2v) is 5.47. The van der Waals surface area contributed by atoms with Crippen LogP contribution in [0.2, 0.25) is 0 Å². The number of primary sulfonamides is 1. The second-order valence-electron chi connectivity index (χ2n) is 3.91. The summed E-state index contributed by atoms with van der Waals surface area (Å²) in [6.45, 7) is 4.77. The average molecular weight is 244 g/mol. The highest BCUT2D eigenvalue weighted by molar-refractivity contribution is 7.89. The average Bonchev–Trinajstić information content (AvgIpc) is 2.16. The number of aromatic nitrogens is 1. The van der Waals surface area contributed by atoms with Crippen LogP contribution in [0.25, 0.3) is 0 Å². The molecule has 90 valence electrons. The molecule has 1 rings (SSSR count). The highest BCUT2D eigenvalue weighted by Crippen LogP contribution is 2.11. The van der Waals surface area contributed by atoms with E-state index in [2.05, 4.69) is 18.8 Å². The third-order valence-corrected chi connectivity index (χ3v) is 2.88. The lowest BCUT2D eigenvalue weighted by atomic mass is 10.1. The number of sulfonamides is 1. The predicted octanol–water partition coefficient (Wildman–Crippen LogP) is 1.15. The monoisotopic (exact) mass is 244 g/mol. The molecule has 0 aliphatic heterocycles. The van der Waals surface area contributed by atoms with Gasteiger partial charge in [0, 0.05) is 6.07 Å².